The van der Waals surface area contributed by atoms with Crippen LogP contribution in [-0.4, -0.2) is 24.9 Å². The van der Waals surface area contributed by atoms with Crippen LogP contribution in [0.5, 0.6) is 0 Å². The van der Waals surface area contributed by atoms with Gasteiger partial charge in [-0.15, -0.1) is 11.3 Å². The van der Waals surface area contributed by atoms with Crippen molar-refractivity contribution in [2.75, 3.05) is 13.7 Å². The molecule has 0 fully saturated rings. The van der Waals surface area contributed by atoms with Crippen LogP contribution in [0.1, 0.15) is 85.9 Å². The van der Waals surface area contributed by atoms with Gasteiger partial charge in [0.05, 0.1) is 12.7 Å². The maximum atomic E-state index is 12.1. The Morgan fingerprint density at radius 2 is 2.00 bits per heavy atom. The van der Waals surface area contributed by atoms with Gasteiger partial charge in [0.2, 0.25) is 0 Å². The zero-order valence-electron chi connectivity index (χ0n) is 22.4. The number of carbonyl (C=O) groups excluding carboxylic acids is 1. The van der Waals surface area contributed by atoms with Crippen LogP contribution < -0.4 is 10.9 Å². The van der Waals surface area contributed by atoms with Gasteiger partial charge in [-0.25, -0.2) is 9.59 Å². The first-order valence-corrected chi connectivity index (χ1v) is 13.0. The number of ether oxygens (including phenoxy) is 1. The number of allylic oxidation sites excluding steroid dienone is 2. The minimum Gasteiger partial charge on any atom is -0.453 e. The second-order valence-electron chi connectivity index (χ2n) is 7.81. The van der Waals surface area contributed by atoms with Gasteiger partial charge in [0, 0.05) is 28.5 Å². The number of aliphatic hydroxyl groups excluding tert-OH is 1. The number of alkyl carbamates (subject to hydrolysis) is 1. The maximum Gasteiger partial charge on any atom is 0.410 e. The monoisotopic (exact) mass is 505 g/mol. The molecule has 1 unspecified atom stereocenters. The van der Waals surface area contributed by atoms with E-state index in [-0.39, 0.29) is 11.5 Å². The van der Waals surface area contributed by atoms with Crippen LogP contribution in [0.25, 0.3) is 5.57 Å². The number of nitrogens with one attached hydrogen (secondary N) is 1. The number of aliphatic hydroxyl groups is 1. The van der Waals surface area contributed by atoms with E-state index in [9.17, 15) is 9.59 Å². The largest absolute Gasteiger partial charge is 0.453 e. The van der Waals surface area contributed by atoms with Crippen LogP contribution in [0.15, 0.2) is 46.3 Å². The Morgan fingerprint density at radius 3 is 2.51 bits per heavy atom. The predicted octanol–water partition coefficient (Wildman–Crippen LogP) is 7.13. The van der Waals surface area contributed by atoms with Crippen LogP contribution in [0.3, 0.4) is 0 Å². The third kappa shape index (κ3) is 12.6. The van der Waals surface area contributed by atoms with E-state index in [1.807, 2.05) is 58.1 Å². The number of carbonyl (C=O) groups is 1. The first-order chi connectivity index (χ1) is 16.7. The van der Waals surface area contributed by atoms with Crippen molar-refractivity contribution in [3.05, 3.63) is 74.1 Å². The normalized spacial score (nSPS) is 11.1. The Morgan fingerprint density at radius 1 is 1.31 bits per heavy atom. The Hall–Kier alpha value is -2.64. The molecule has 0 aromatic carbocycles. The smallest absolute Gasteiger partial charge is 0.410 e. The summed E-state index contributed by atoms with van der Waals surface area (Å²) in [6.07, 6.45) is 7.07. The van der Waals surface area contributed by atoms with E-state index in [1.165, 1.54) is 16.9 Å². The lowest BCUT2D eigenvalue weighted by Gasteiger charge is -2.12. The van der Waals surface area contributed by atoms with Gasteiger partial charge in [0.25, 0.3) is 0 Å². The SMILES string of the molecule is C=C(CC)c1c(C)cc(C(C)CC/C=C/NC(=O)OC)oc1=O.CC.Cc1ccc(CCCO)s1. The molecule has 0 radical (unpaired) electrons. The van der Waals surface area contributed by atoms with Crippen LogP contribution >= 0.6 is 11.3 Å². The fourth-order valence-corrected chi connectivity index (χ4v) is 4.04. The lowest BCUT2D eigenvalue weighted by molar-refractivity contribution is 0.175. The molecule has 35 heavy (non-hydrogen) atoms. The van der Waals surface area contributed by atoms with Crippen LogP contribution in [0.4, 0.5) is 4.79 Å². The lowest BCUT2D eigenvalue weighted by Crippen LogP contribution is -2.16. The number of aryl methyl sites for hydroxylation is 3. The van der Waals surface area contributed by atoms with E-state index in [4.69, 9.17) is 9.52 Å². The van der Waals surface area contributed by atoms with Crippen molar-refractivity contribution in [3.8, 4) is 0 Å². The molecule has 1 atom stereocenters. The van der Waals surface area contributed by atoms with Crippen molar-refractivity contribution >= 4 is 23.0 Å². The Bertz CT molecular complexity index is 974. The summed E-state index contributed by atoms with van der Waals surface area (Å²) in [5, 5.41) is 11.0. The van der Waals surface area contributed by atoms with Crippen molar-refractivity contribution in [3.63, 3.8) is 0 Å². The van der Waals surface area contributed by atoms with E-state index in [0.717, 1.165) is 43.2 Å². The van der Waals surface area contributed by atoms with Gasteiger partial charge in [-0.05, 0) is 75.3 Å². The van der Waals surface area contributed by atoms with Gasteiger partial charge in [-0.3, -0.25) is 5.32 Å². The topological polar surface area (TPSA) is 88.8 Å². The number of thiophene rings is 1. The molecule has 2 N–H and O–H groups in total. The third-order valence-electron chi connectivity index (χ3n) is 5.08. The molecule has 6 nitrogen and oxygen atoms in total. The molecule has 0 bridgehead atoms. The number of hydrogen-bond donors (Lipinski definition) is 2. The second kappa shape index (κ2) is 18.7. The standard InChI is InChI=1S/C18H25NO4.C8H12OS.C2H6/c1-6-12(2)16-14(4)11-15(23-17(16)20)13(3)9-7-8-10-19-18(21)22-5;1-7-4-5-8(10-7)3-2-6-9;1-2/h8,10-11,13H,2,6-7,9H2,1,3-5H3,(H,19,21);4-5,9H,2-3,6H2,1H3;1-2H3/b10-8+;;. The quantitative estimate of drug-likeness (QED) is 0.358. The highest BCUT2D eigenvalue weighted by molar-refractivity contribution is 7.11. The molecule has 0 aliphatic carbocycles. The molecule has 0 spiro atoms. The Labute approximate surface area is 214 Å². The van der Waals surface area contributed by atoms with Gasteiger partial charge >= 0.3 is 11.7 Å². The van der Waals surface area contributed by atoms with E-state index in [2.05, 4.69) is 35.7 Å². The Balaban J connectivity index is 0.000000798. The molecule has 2 aromatic rings. The molecular weight excluding hydrogens is 462 g/mol. The van der Waals surface area contributed by atoms with Gasteiger partial charge in [-0.2, -0.15) is 0 Å². The van der Waals surface area contributed by atoms with Gasteiger partial charge in [0.1, 0.15) is 5.76 Å². The molecule has 0 saturated heterocycles. The molecule has 2 heterocycles. The van der Waals surface area contributed by atoms with Crippen molar-refractivity contribution in [1.82, 2.24) is 5.32 Å². The molecule has 2 aromatic heterocycles. The molecule has 1 amide bonds. The summed E-state index contributed by atoms with van der Waals surface area (Å²) in [4.78, 5) is 25.8. The molecule has 2 rings (SSSR count). The van der Waals surface area contributed by atoms with Gasteiger partial charge in [-0.1, -0.05) is 40.3 Å². The van der Waals surface area contributed by atoms with Crippen molar-refractivity contribution < 1.29 is 19.1 Å². The van der Waals surface area contributed by atoms with Crippen LogP contribution in [0.2, 0.25) is 0 Å². The number of amides is 1. The molecule has 7 heteroatoms. The Kier molecular flexibility index (Phi) is 17.3. The molecule has 196 valence electrons. The fourth-order valence-electron chi connectivity index (χ4n) is 3.11. The third-order valence-corrected chi connectivity index (χ3v) is 6.14. The number of hydrogen-bond acceptors (Lipinski definition) is 6. The second-order valence-corrected chi connectivity index (χ2v) is 9.18. The average molecular weight is 506 g/mol. The summed E-state index contributed by atoms with van der Waals surface area (Å²) >= 11 is 1.82. The van der Waals surface area contributed by atoms with E-state index in [0.29, 0.717) is 17.9 Å². The molecule has 0 aliphatic heterocycles. The molecule has 0 aliphatic rings. The highest BCUT2D eigenvalue weighted by Crippen LogP contribution is 2.24. The average Bonchev–Trinajstić information content (AvgIpc) is 3.28. The first kappa shape index (κ1) is 32.4. The van der Waals surface area contributed by atoms with Crippen molar-refractivity contribution in [2.24, 2.45) is 0 Å². The molecular formula is C28H43NO5S. The highest BCUT2D eigenvalue weighted by Gasteiger charge is 2.14. The summed E-state index contributed by atoms with van der Waals surface area (Å²) in [6, 6.07) is 6.17. The summed E-state index contributed by atoms with van der Waals surface area (Å²) in [6.45, 7) is 16.2. The van der Waals surface area contributed by atoms with E-state index >= 15 is 0 Å². The predicted molar refractivity (Wildman–Crippen MR) is 147 cm³/mol. The minimum atomic E-state index is -0.498. The van der Waals surface area contributed by atoms with Crippen LogP contribution in [0, 0.1) is 13.8 Å². The summed E-state index contributed by atoms with van der Waals surface area (Å²) in [5.41, 5.74) is 1.97. The zero-order chi connectivity index (χ0) is 26.8. The van der Waals surface area contributed by atoms with E-state index in [1.54, 1.807) is 6.20 Å². The number of rotatable bonds is 10. The van der Waals surface area contributed by atoms with Crippen molar-refractivity contribution in [2.45, 2.75) is 79.6 Å². The molecule has 0 saturated carbocycles. The van der Waals surface area contributed by atoms with Gasteiger partial charge in [0.15, 0.2) is 0 Å². The summed E-state index contributed by atoms with van der Waals surface area (Å²) < 4.78 is 9.91. The lowest BCUT2D eigenvalue weighted by atomic mass is 9.97. The zero-order valence-corrected chi connectivity index (χ0v) is 23.2. The summed E-state index contributed by atoms with van der Waals surface area (Å²) in [5.74, 6) is 0.780. The van der Waals surface area contributed by atoms with E-state index < -0.39 is 6.09 Å². The number of methoxy groups -OCH3 is 1. The fraction of sp³-hybridized carbons (Fsp3) is 0.500. The minimum absolute atomic E-state index is 0.105. The highest BCUT2D eigenvalue weighted by atomic mass is 32.1. The summed E-state index contributed by atoms with van der Waals surface area (Å²) in [7, 11) is 1.31. The van der Waals surface area contributed by atoms with Crippen molar-refractivity contribution in [1.29, 1.82) is 0 Å². The first-order valence-electron chi connectivity index (χ1n) is 12.2. The van der Waals surface area contributed by atoms with Gasteiger partial charge < -0.3 is 14.3 Å². The maximum absolute atomic E-state index is 12.1. The van der Waals surface area contributed by atoms with Crippen LogP contribution in [-0.2, 0) is 11.2 Å².